The Hall–Kier alpha value is -2.89. The minimum atomic E-state index is -4.13. The van der Waals surface area contributed by atoms with Crippen molar-refractivity contribution in [2.45, 2.75) is 44.2 Å². The van der Waals surface area contributed by atoms with Gasteiger partial charge >= 0.3 is 5.97 Å². The fraction of sp³-hybridized carbons (Fsp3) is 0.417. The highest BCUT2D eigenvalue weighted by Gasteiger charge is 2.31. The summed E-state index contributed by atoms with van der Waals surface area (Å²) in [4.78, 5) is 22.9. The Bertz CT molecular complexity index is 1110. The number of ether oxygens (including phenoxy) is 2. The fourth-order valence-corrected chi connectivity index (χ4v) is 5.19. The van der Waals surface area contributed by atoms with Gasteiger partial charge in [0.15, 0.2) is 17.3 Å². The van der Waals surface area contributed by atoms with Gasteiger partial charge in [-0.2, -0.15) is 4.31 Å². The summed E-state index contributed by atoms with van der Waals surface area (Å²) in [6.45, 7) is 4.68. The molecule has 0 aliphatic rings. The largest absolute Gasteiger partial charge is 0.493 e. The zero-order valence-electron chi connectivity index (χ0n) is 20.3. The van der Waals surface area contributed by atoms with Gasteiger partial charge in [0.25, 0.3) is 0 Å². The Labute approximate surface area is 207 Å². The van der Waals surface area contributed by atoms with Crippen molar-refractivity contribution >= 4 is 29.6 Å². The normalized spacial score (nSPS) is 13.3. The molecule has 2 aromatic carbocycles. The molecule has 0 heterocycles. The summed E-state index contributed by atoms with van der Waals surface area (Å²) in [5.41, 5.74) is 0.838. The van der Waals surface area contributed by atoms with E-state index >= 15 is 0 Å². The molecule has 0 aliphatic carbocycles. The quantitative estimate of drug-likeness (QED) is 0.259. The zero-order chi connectivity index (χ0) is 26.2. The second-order valence-electron chi connectivity index (χ2n) is 8.49. The predicted molar refractivity (Wildman–Crippen MR) is 132 cm³/mol. The van der Waals surface area contributed by atoms with Crippen LogP contribution in [0.25, 0.3) is 0 Å². The van der Waals surface area contributed by atoms with E-state index < -0.39 is 33.9 Å². The number of aliphatic hydroxyl groups is 1. The van der Waals surface area contributed by atoms with E-state index in [0.717, 1.165) is 9.87 Å². The number of hydrogen-bond donors (Lipinski definition) is 2. The predicted octanol–water partition coefficient (Wildman–Crippen LogP) is 2.12. The lowest BCUT2D eigenvalue weighted by atomic mass is 9.99. The molecule has 0 fully saturated rings. The van der Waals surface area contributed by atoms with E-state index in [0.29, 0.717) is 0 Å². The average molecular weight is 502 g/mol. The third-order valence-electron chi connectivity index (χ3n) is 5.08. The Morgan fingerprint density at radius 3 is 2.29 bits per heavy atom. The highest BCUT2D eigenvalue weighted by Crippen LogP contribution is 2.31. The van der Waals surface area contributed by atoms with Gasteiger partial charge in [0.05, 0.1) is 24.2 Å². The van der Waals surface area contributed by atoms with Crippen molar-refractivity contribution < 1.29 is 32.6 Å². The lowest BCUT2D eigenvalue weighted by Crippen LogP contribution is -2.50. The molecule has 1 amide bonds. The lowest BCUT2D eigenvalue weighted by molar-refractivity contribution is -0.132. The number of benzene rings is 2. The number of sulfonamides is 1. The van der Waals surface area contributed by atoms with E-state index in [1.165, 1.54) is 32.2 Å². The van der Waals surface area contributed by atoms with E-state index in [1.807, 2.05) is 44.2 Å². The Morgan fingerprint density at radius 1 is 1.09 bits per heavy atom. The molecule has 2 rings (SSSR count). The molecule has 0 unspecified atom stereocenters. The number of carbonyl (C=O) groups is 2. The lowest BCUT2D eigenvalue weighted by Gasteiger charge is -2.30. The highest BCUT2D eigenvalue weighted by atomic mass is 32.2. The van der Waals surface area contributed by atoms with Gasteiger partial charge in [-0.05, 0) is 30.0 Å². The first-order valence-electron chi connectivity index (χ1n) is 11.1. The number of hydrogen-bond acceptors (Lipinski definition) is 7. The van der Waals surface area contributed by atoms with Crippen molar-refractivity contribution in [2.24, 2.45) is 5.92 Å². The molecule has 0 aliphatic heterocycles. The summed E-state index contributed by atoms with van der Waals surface area (Å²) >= 11 is 0. The maximum Gasteiger partial charge on any atom is 0.308 e. The number of carbonyl (C=O) groups excluding carboxylic acids is 2. The van der Waals surface area contributed by atoms with Crippen molar-refractivity contribution in [2.75, 3.05) is 20.2 Å². The Balaban J connectivity index is 2.38. The number of amides is 1. The van der Waals surface area contributed by atoms with Crippen molar-refractivity contribution in [3.8, 4) is 11.5 Å². The molecule has 2 atom stereocenters. The molecule has 188 valence electrons. The Morgan fingerprint density at radius 2 is 1.74 bits per heavy atom. The second kappa shape index (κ2) is 12.7. The third-order valence-corrected chi connectivity index (χ3v) is 6.90. The first-order valence-corrected chi connectivity index (χ1v) is 12.5. The molecule has 35 heavy (non-hydrogen) atoms. The topological polar surface area (TPSA) is 122 Å². The van der Waals surface area contributed by atoms with E-state index in [-0.39, 0.29) is 41.8 Å². The molecule has 2 aromatic rings. The van der Waals surface area contributed by atoms with Crippen LogP contribution in [0.15, 0.2) is 53.4 Å². The molecule has 2 radical (unpaired) electrons. The van der Waals surface area contributed by atoms with Crippen LogP contribution in [-0.4, -0.2) is 69.8 Å². The van der Waals surface area contributed by atoms with Crippen LogP contribution in [0.3, 0.4) is 0 Å². The van der Waals surface area contributed by atoms with Gasteiger partial charge in [0.1, 0.15) is 0 Å². The molecule has 0 aromatic heterocycles. The maximum absolute atomic E-state index is 13.6. The van der Waals surface area contributed by atoms with Crippen LogP contribution in [-0.2, 0) is 21.2 Å². The van der Waals surface area contributed by atoms with Crippen LogP contribution in [0.2, 0.25) is 0 Å². The summed E-state index contributed by atoms with van der Waals surface area (Å²) in [5.74, 6) is -1.37. The second-order valence-corrected chi connectivity index (χ2v) is 10.4. The summed E-state index contributed by atoms with van der Waals surface area (Å²) in [6, 6.07) is 12.3. The van der Waals surface area contributed by atoms with Gasteiger partial charge in [0.2, 0.25) is 17.9 Å². The Kier molecular flexibility index (Phi) is 10.3. The first kappa shape index (κ1) is 28.4. The van der Waals surface area contributed by atoms with Crippen molar-refractivity contribution in [3.05, 3.63) is 54.1 Å². The third kappa shape index (κ3) is 8.38. The van der Waals surface area contributed by atoms with Gasteiger partial charge < -0.3 is 19.9 Å². The minimum Gasteiger partial charge on any atom is -0.493 e. The highest BCUT2D eigenvalue weighted by molar-refractivity contribution is 7.89. The fourth-order valence-electron chi connectivity index (χ4n) is 3.55. The number of nitrogens with one attached hydrogen (secondary N) is 1. The zero-order valence-corrected chi connectivity index (χ0v) is 21.1. The van der Waals surface area contributed by atoms with E-state index in [9.17, 15) is 23.1 Å². The molecular weight excluding hydrogens is 471 g/mol. The summed E-state index contributed by atoms with van der Waals surface area (Å²) in [5, 5.41) is 13.5. The molecule has 0 saturated carbocycles. The van der Waals surface area contributed by atoms with Crippen LogP contribution in [0.1, 0.15) is 26.3 Å². The molecule has 9 nitrogen and oxygen atoms in total. The standard InChI is InChI=1S/C24H31BN2O7S/c1-16(2)14-27(15-21(29)20(26-24(25)30)12-18-8-6-5-7-9-18)35(31,32)19-10-11-22(33-4)23(13-19)34-17(3)28/h5-11,13,16,20-21,29H,12,14-15H2,1-4H3,(H,26,30)/t20-,21+/m0/s1. The average Bonchev–Trinajstić information content (AvgIpc) is 2.77. The summed E-state index contributed by atoms with van der Waals surface area (Å²) in [6.07, 6.45) is -1.01. The van der Waals surface area contributed by atoms with Gasteiger partial charge in [0, 0.05) is 26.1 Å². The molecule has 2 N–H and O–H groups in total. The number of rotatable bonds is 12. The smallest absolute Gasteiger partial charge is 0.308 e. The van der Waals surface area contributed by atoms with Crippen LogP contribution >= 0.6 is 0 Å². The van der Waals surface area contributed by atoms with Crippen molar-refractivity contribution in [1.29, 1.82) is 0 Å². The van der Waals surface area contributed by atoms with Crippen molar-refractivity contribution in [1.82, 2.24) is 9.62 Å². The van der Waals surface area contributed by atoms with Crippen LogP contribution in [0, 0.1) is 5.92 Å². The van der Waals surface area contributed by atoms with Crippen LogP contribution < -0.4 is 14.8 Å². The van der Waals surface area contributed by atoms with Gasteiger partial charge in [-0.25, -0.2) is 8.42 Å². The van der Waals surface area contributed by atoms with Crippen LogP contribution in [0.5, 0.6) is 11.5 Å². The van der Waals surface area contributed by atoms with E-state index in [4.69, 9.17) is 17.3 Å². The maximum atomic E-state index is 13.6. The molecule has 0 bridgehead atoms. The van der Waals surface area contributed by atoms with Gasteiger partial charge in [-0.15, -0.1) is 0 Å². The van der Waals surface area contributed by atoms with Crippen molar-refractivity contribution in [3.63, 3.8) is 0 Å². The number of esters is 1. The number of nitrogens with zero attached hydrogens (tertiary/aromatic N) is 1. The van der Waals surface area contributed by atoms with Crippen LogP contribution in [0.4, 0.5) is 4.79 Å². The monoisotopic (exact) mass is 502 g/mol. The number of methoxy groups -OCH3 is 1. The molecule has 11 heteroatoms. The number of aliphatic hydroxyl groups excluding tert-OH is 1. The summed E-state index contributed by atoms with van der Waals surface area (Å²) < 4.78 is 38.5. The molecule has 0 spiro atoms. The van der Waals surface area contributed by atoms with E-state index in [2.05, 4.69) is 5.32 Å². The SMILES string of the molecule is [B]C(=O)N[C@@H](Cc1ccccc1)[C@H](O)CN(CC(C)C)S(=O)(=O)c1ccc(OC)c(OC(C)=O)c1. The molecule has 0 saturated heterocycles. The molecular formula is C24H31BN2O7S. The van der Waals surface area contributed by atoms with Gasteiger partial charge in [-0.3, -0.25) is 9.59 Å². The minimum absolute atomic E-state index is 0.0385. The summed E-state index contributed by atoms with van der Waals surface area (Å²) in [7, 11) is 2.56. The van der Waals surface area contributed by atoms with Gasteiger partial charge in [-0.1, -0.05) is 44.2 Å². The van der Waals surface area contributed by atoms with E-state index in [1.54, 1.807) is 0 Å². The first-order chi connectivity index (χ1) is 16.4.